The minimum absolute atomic E-state index is 0.00637. The first-order chi connectivity index (χ1) is 5.50. The van der Waals surface area contributed by atoms with Gasteiger partial charge in [0, 0.05) is 7.11 Å². The third-order valence-corrected chi connectivity index (χ3v) is 1.90. The Labute approximate surface area is 69.3 Å². The number of hydrogen-bond donors (Lipinski definition) is 1. The second-order valence-corrected chi connectivity index (χ2v) is 2.92. The summed E-state index contributed by atoms with van der Waals surface area (Å²) < 4.78 is 22.4. The standard InChI is InChI=1S/C7H11FO4/c1-7(8)5(9)4(3-11-2)12-6(7)10/h4-5,9H,3H2,1-2H3. The van der Waals surface area contributed by atoms with Crippen LogP contribution in [0.2, 0.25) is 0 Å². The highest BCUT2D eigenvalue weighted by Gasteiger charge is 2.54. The molecule has 0 aromatic carbocycles. The lowest BCUT2D eigenvalue weighted by atomic mass is 10.0. The largest absolute Gasteiger partial charge is 0.455 e. The average Bonchev–Trinajstić information content (AvgIpc) is 2.17. The molecule has 0 amide bonds. The summed E-state index contributed by atoms with van der Waals surface area (Å²) in [6.45, 7) is 1.00. The monoisotopic (exact) mass is 178 g/mol. The number of esters is 1. The molecule has 0 bridgehead atoms. The van der Waals surface area contributed by atoms with Crippen molar-refractivity contribution < 1.29 is 23.8 Å². The molecule has 4 nitrogen and oxygen atoms in total. The second kappa shape index (κ2) is 2.99. The molecule has 0 aromatic heterocycles. The van der Waals surface area contributed by atoms with Gasteiger partial charge in [0.1, 0.15) is 6.10 Å². The molecule has 0 spiro atoms. The molecule has 3 atom stereocenters. The number of rotatable bonds is 2. The molecule has 1 saturated heterocycles. The van der Waals surface area contributed by atoms with Crippen LogP contribution in [-0.2, 0) is 14.3 Å². The molecular weight excluding hydrogens is 167 g/mol. The van der Waals surface area contributed by atoms with E-state index in [2.05, 4.69) is 9.47 Å². The number of carbonyl (C=O) groups is 1. The number of aliphatic hydroxyl groups excluding tert-OH is 1. The quantitative estimate of drug-likeness (QED) is 0.587. The number of halogens is 1. The minimum Gasteiger partial charge on any atom is -0.455 e. The lowest BCUT2D eigenvalue weighted by molar-refractivity contribution is -0.150. The summed E-state index contributed by atoms with van der Waals surface area (Å²) in [6.07, 6.45) is -2.33. The fraction of sp³-hybridized carbons (Fsp3) is 0.857. The molecule has 0 radical (unpaired) electrons. The molecule has 1 fully saturated rings. The Bertz CT molecular complexity index is 192. The first-order valence-electron chi connectivity index (χ1n) is 3.57. The minimum atomic E-state index is -2.30. The van der Waals surface area contributed by atoms with Crippen LogP contribution < -0.4 is 0 Å². The van der Waals surface area contributed by atoms with E-state index >= 15 is 0 Å². The Morgan fingerprint density at radius 3 is 2.75 bits per heavy atom. The molecular formula is C7H11FO4. The number of aliphatic hydroxyl groups is 1. The van der Waals surface area contributed by atoms with Crippen molar-refractivity contribution >= 4 is 5.97 Å². The van der Waals surface area contributed by atoms with Gasteiger partial charge in [0.2, 0.25) is 5.67 Å². The first kappa shape index (κ1) is 9.41. The van der Waals surface area contributed by atoms with Crippen LogP contribution in [0, 0.1) is 0 Å². The molecule has 1 aliphatic rings. The summed E-state index contributed by atoms with van der Waals surface area (Å²) in [4.78, 5) is 10.8. The van der Waals surface area contributed by atoms with Crippen LogP contribution in [0.15, 0.2) is 0 Å². The van der Waals surface area contributed by atoms with Crippen LogP contribution in [0.4, 0.5) is 4.39 Å². The van der Waals surface area contributed by atoms with Gasteiger partial charge in [-0.25, -0.2) is 9.18 Å². The van der Waals surface area contributed by atoms with E-state index in [0.29, 0.717) is 0 Å². The van der Waals surface area contributed by atoms with E-state index in [0.717, 1.165) is 6.92 Å². The van der Waals surface area contributed by atoms with Crippen LogP contribution in [0.5, 0.6) is 0 Å². The van der Waals surface area contributed by atoms with Crippen molar-refractivity contribution in [1.82, 2.24) is 0 Å². The Morgan fingerprint density at radius 2 is 2.42 bits per heavy atom. The van der Waals surface area contributed by atoms with E-state index in [1.807, 2.05) is 0 Å². The summed E-state index contributed by atoms with van der Waals surface area (Å²) in [5, 5.41) is 9.22. The topological polar surface area (TPSA) is 55.8 Å². The highest BCUT2D eigenvalue weighted by Crippen LogP contribution is 2.29. The van der Waals surface area contributed by atoms with Crippen molar-refractivity contribution in [3.63, 3.8) is 0 Å². The number of ether oxygens (including phenoxy) is 2. The maximum absolute atomic E-state index is 13.2. The van der Waals surface area contributed by atoms with Gasteiger partial charge < -0.3 is 14.6 Å². The van der Waals surface area contributed by atoms with E-state index in [-0.39, 0.29) is 6.61 Å². The second-order valence-electron chi connectivity index (χ2n) is 2.92. The van der Waals surface area contributed by atoms with Crippen LogP contribution >= 0.6 is 0 Å². The zero-order valence-corrected chi connectivity index (χ0v) is 6.91. The predicted octanol–water partition coefficient (Wildman–Crippen LogP) is -0.353. The Kier molecular flexibility index (Phi) is 2.34. The SMILES string of the molecule is COCC1OC(=O)C(C)(F)C1O. The molecule has 70 valence electrons. The lowest BCUT2D eigenvalue weighted by Crippen LogP contribution is -2.40. The fourth-order valence-electron chi connectivity index (χ4n) is 1.08. The fourth-order valence-corrected chi connectivity index (χ4v) is 1.08. The van der Waals surface area contributed by atoms with E-state index < -0.39 is 23.8 Å². The molecule has 1 rings (SSSR count). The van der Waals surface area contributed by atoms with Crippen molar-refractivity contribution in [3.8, 4) is 0 Å². The molecule has 0 saturated carbocycles. The Hall–Kier alpha value is -0.680. The predicted molar refractivity (Wildman–Crippen MR) is 37.3 cm³/mol. The highest BCUT2D eigenvalue weighted by molar-refractivity contribution is 5.82. The van der Waals surface area contributed by atoms with Crippen molar-refractivity contribution in [2.75, 3.05) is 13.7 Å². The van der Waals surface area contributed by atoms with Crippen molar-refractivity contribution in [2.45, 2.75) is 24.8 Å². The zero-order valence-electron chi connectivity index (χ0n) is 6.91. The summed E-state index contributed by atoms with van der Waals surface area (Å²) >= 11 is 0. The first-order valence-corrected chi connectivity index (χ1v) is 3.57. The molecule has 12 heavy (non-hydrogen) atoms. The van der Waals surface area contributed by atoms with Crippen molar-refractivity contribution in [1.29, 1.82) is 0 Å². The third-order valence-electron chi connectivity index (χ3n) is 1.90. The van der Waals surface area contributed by atoms with Crippen molar-refractivity contribution in [2.24, 2.45) is 0 Å². The van der Waals surface area contributed by atoms with Gasteiger partial charge in [-0.15, -0.1) is 0 Å². The molecule has 0 aliphatic carbocycles. The van der Waals surface area contributed by atoms with Gasteiger partial charge in [-0.3, -0.25) is 0 Å². The maximum Gasteiger partial charge on any atom is 0.346 e. The van der Waals surface area contributed by atoms with Crippen LogP contribution in [0.25, 0.3) is 0 Å². The number of carbonyl (C=O) groups excluding carboxylic acids is 1. The van der Waals surface area contributed by atoms with E-state index in [1.165, 1.54) is 7.11 Å². The van der Waals surface area contributed by atoms with E-state index in [4.69, 9.17) is 0 Å². The molecule has 3 unspecified atom stereocenters. The van der Waals surface area contributed by atoms with Crippen molar-refractivity contribution in [3.05, 3.63) is 0 Å². The smallest absolute Gasteiger partial charge is 0.346 e. The molecule has 1 heterocycles. The van der Waals surface area contributed by atoms with Gasteiger partial charge in [0.15, 0.2) is 6.10 Å². The average molecular weight is 178 g/mol. The number of hydrogen-bond acceptors (Lipinski definition) is 4. The molecule has 5 heteroatoms. The molecule has 0 aromatic rings. The lowest BCUT2D eigenvalue weighted by Gasteiger charge is -2.15. The van der Waals surface area contributed by atoms with Gasteiger partial charge in [-0.2, -0.15) is 0 Å². The Balaban J connectivity index is 2.69. The van der Waals surface area contributed by atoms with E-state index in [1.54, 1.807) is 0 Å². The molecule has 1 aliphatic heterocycles. The van der Waals surface area contributed by atoms with Crippen LogP contribution in [-0.4, -0.2) is 42.7 Å². The Morgan fingerprint density at radius 1 is 1.83 bits per heavy atom. The number of alkyl halides is 1. The van der Waals surface area contributed by atoms with E-state index in [9.17, 15) is 14.3 Å². The normalized spacial score (nSPS) is 41.5. The van der Waals surface area contributed by atoms with Gasteiger partial charge in [0.05, 0.1) is 6.61 Å². The zero-order chi connectivity index (χ0) is 9.35. The summed E-state index contributed by atoms with van der Waals surface area (Å²) in [7, 11) is 1.38. The van der Waals surface area contributed by atoms with Crippen LogP contribution in [0.1, 0.15) is 6.92 Å². The summed E-state index contributed by atoms with van der Waals surface area (Å²) in [5.41, 5.74) is -2.30. The number of cyclic esters (lactones) is 1. The third kappa shape index (κ3) is 1.30. The molecule has 1 N–H and O–H groups in total. The maximum atomic E-state index is 13.2. The highest BCUT2D eigenvalue weighted by atomic mass is 19.1. The summed E-state index contributed by atoms with van der Waals surface area (Å²) in [5.74, 6) is -1.03. The summed E-state index contributed by atoms with van der Waals surface area (Å²) in [6, 6.07) is 0. The van der Waals surface area contributed by atoms with Gasteiger partial charge in [-0.05, 0) is 6.92 Å². The van der Waals surface area contributed by atoms with Crippen LogP contribution in [0.3, 0.4) is 0 Å². The van der Waals surface area contributed by atoms with Gasteiger partial charge >= 0.3 is 5.97 Å². The van der Waals surface area contributed by atoms with Gasteiger partial charge in [0.25, 0.3) is 0 Å². The number of methoxy groups -OCH3 is 1. The van der Waals surface area contributed by atoms with Gasteiger partial charge in [-0.1, -0.05) is 0 Å².